The van der Waals surface area contributed by atoms with E-state index < -0.39 is 11.6 Å². The Balaban J connectivity index is 1.40. The van der Waals surface area contributed by atoms with Gasteiger partial charge in [-0.1, -0.05) is 11.3 Å². The Morgan fingerprint density at radius 1 is 1.12 bits per heavy atom. The zero-order valence-electron chi connectivity index (χ0n) is 12.8. The summed E-state index contributed by atoms with van der Waals surface area (Å²) in [5, 5.41) is 3.31. The van der Waals surface area contributed by atoms with E-state index in [1.54, 1.807) is 6.07 Å². The van der Waals surface area contributed by atoms with Crippen molar-refractivity contribution in [1.82, 2.24) is 4.98 Å². The Bertz CT molecular complexity index is 969. The monoisotopic (exact) mass is 363 g/mol. The number of thiazole rings is 1. The molecule has 1 aliphatic heterocycles. The summed E-state index contributed by atoms with van der Waals surface area (Å²) in [5.74, 6) is -2.80. The lowest BCUT2D eigenvalue weighted by atomic mass is 10.00. The maximum Gasteiger partial charge on any atom is 0.231 e. The molecule has 128 valence electrons. The number of hydrogen-bond acceptors (Lipinski definition) is 4. The Labute approximate surface area is 144 Å². The maximum atomic E-state index is 13.2. The van der Waals surface area contributed by atoms with Gasteiger partial charge in [-0.05, 0) is 30.3 Å². The Morgan fingerprint density at radius 2 is 1.92 bits per heavy atom. The van der Waals surface area contributed by atoms with E-state index in [0.717, 1.165) is 27.5 Å². The predicted octanol–water partition coefficient (Wildman–Crippen LogP) is 3.79. The molecule has 8 heteroatoms. The van der Waals surface area contributed by atoms with Crippen molar-refractivity contribution in [2.45, 2.75) is 0 Å². The molecular formula is C17H12F3N3OS. The Morgan fingerprint density at radius 3 is 2.68 bits per heavy atom. The molecule has 0 aliphatic carbocycles. The van der Waals surface area contributed by atoms with Crippen LogP contribution in [0.2, 0.25) is 0 Å². The van der Waals surface area contributed by atoms with E-state index >= 15 is 0 Å². The topological polar surface area (TPSA) is 45.2 Å². The van der Waals surface area contributed by atoms with Crippen LogP contribution in [0.25, 0.3) is 10.2 Å². The van der Waals surface area contributed by atoms with Gasteiger partial charge < -0.3 is 10.2 Å². The number of hydrogen-bond donors (Lipinski definition) is 1. The normalized spacial score (nSPS) is 14.6. The van der Waals surface area contributed by atoms with Gasteiger partial charge in [0.1, 0.15) is 5.82 Å². The second-order valence-electron chi connectivity index (χ2n) is 5.83. The molecule has 1 amide bonds. The van der Waals surface area contributed by atoms with Crippen molar-refractivity contribution in [3.8, 4) is 0 Å². The Hall–Kier alpha value is -2.61. The molecule has 0 unspecified atom stereocenters. The van der Waals surface area contributed by atoms with Gasteiger partial charge in [0, 0.05) is 24.8 Å². The van der Waals surface area contributed by atoms with Crippen molar-refractivity contribution in [2.75, 3.05) is 23.3 Å². The number of aromatic nitrogens is 1. The first-order chi connectivity index (χ1) is 12.0. The van der Waals surface area contributed by atoms with Crippen molar-refractivity contribution in [1.29, 1.82) is 0 Å². The lowest BCUT2D eigenvalue weighted by molar-refractivity contribution is -0.120. The molecule has 3 aromatic rings. The fraction of sp³-hybridized carbons (Fsp3) is 0.176. The number of nitrogens with one attached hydrogen (secondary N) is 1. The van der Waals surface area contributed by atoms with Gasteiger partial charge in [0.25, 0.3) is 0 Å². The van der Waals surface area contributed by atoms with E-state index in [1.165, 1.54) is 29.5 Å². The van der Waals surface area contributed by atoms with E-state index in [4.69, 9.17) is 0 Å². The summed E-state index contributed by atoms with van der Waals surface area (Å²) in [6.07, 6.45) is 0. The highest BCUT2D eigenvalue weighted by Crippen LogP contribution is 2.33. The zero-order chi connectivity index (χ0) is 17.6. The maximum absolute atomic E-state index is 13.2. The summed E-state index contributed by atoms with van der Waals surface area (Å²) >= 11 is 1.37. The molecule has 1 saturated heterocycles. The van der Waals surface area contributed by atoms with Gasteiger partial charge in [-0.25, -0.2) is 18.2 Å². The van der Waals surface area contributed by atoms with Crippen LogP contribution in [0.3, 0.4) is 0 Å². The third-order valence-electron chi connectivity index (χ3n) is 4.05. The molecule has 2 aromatic carbocycles. The molecule has 1 aromatic heterocycles. The van der Waals surface area contributed by atoms with Gasteiger partial charge in [-0.2, -0.15) is 0 Å². The first-order valence-electron chi connectivity index (χ1n) is 7.56. The minimum absolute atomic E-state index is 0.220. The van der Waals surface area contributed by atoms with Crippen LogP contribution in [-0.2, 0) is 4.79 Å². The van der Waals surface area contributed by atoms with Gasteiger partial charge in [-0.3, -0.25) is 4.79 Å². The van der Waals surface area contributed by atoms with Gasteiger partial charge >= 0.3 is 0 Å². The number of amides is 1. The molecule has 1 N–H and O–H groups in total. The first-order valence-corrected chi connectivity index (χ1v) is 8.38. The first kappa shape index (κ1) is 15.9. The minimum atomic E-state index is -1.00. The SMILES string of the molecule is O=C(Nc1ccc(F)c(F)c1)C1CN(c2nc3ccc(F)cc3s2)C1. The molecule has 1 aliphatic rings. The number of carbonyl (C=O) groups is 1. The number of halogens is 3. The number of rotatable bonds is 3. The summed E-state index contributed by atoms with van der Waals surface area (Å²) in [7, 11) is 0. The highest BCUT2D eigenvalue weighted by molar-refractivity contribution is 7.22. The van der Waals surface area contributed by atoms with E-state index in [0.29, 0.717) is 13.1 Å². The highest BCUT2D eigenvalue weighted by Gasteiger charge is 2.34. The van der Waals surface area contributed by atoms with Crippen molar-refractivity contribution in [2.24, 2.45) is 5.92 Å². The quantitative estimate of drug-likeness (QED) is 0.770. The number of benzene rings is 2. The van der Waals surface area contributed by atoms with Gasteiger partial charge in [0.05, 0.1) is 16.1 Å². The van der Waals surface area contributed by atoms with E-state index in [1.807, 2.05) is 4.90 Å². The third kappa shape index (κ3) is 3.05. The molecular weight excluding hydrogens is 351 g/mol. The lowest BCUT2D eigenvalue weighted by Gasteiger charge is -2.37. The van der Waals surface area contributed by atoms with Crippen LogP contribution in [0, 0.1) is 23.4 Å². The Kier molecular flexibility index (Phi) is 3.84. The minimum Gasteiger partial charge on any atom is -0.346 e. The third-order valence-corrected chi connectivity index (χ3v) is 5.13. The van der Waals surface area contributed by atoms with Crippen molar-refractivity contribution >= 4 is 38.3 Å². The predicted molar refractivity (Wildman–Crippen MR) is 90.3 cm³/mol. The van der Waals surface area contributed by atoms with Gasteiger partial charge in [-0.15, -0.1) is 0 Å². The van der Waals surface area contributed by atoms with Gasteiger partial charge in [0.15, 0.2) is 16.8 Å². The van der Waals surface area contributed by atoms with Crippen molar-refractivity contribution in [3.05, 3.63) is 53.8 Å². The molecule has 4 nitrogen and oxygen atoms in total. The van der Waals surface area contributed by atoms with Crippen LogP contribution in [-0.4, -0.2) is 24.0 Å². The molecule has 0 atom stereocenters. The fourth-order valence-corrected chi connectivity index (χ4v) is 3.65. The highest BCUT2D eigenvalue weighted by atomic mass is 32.1. The van der Waals surface area contributed by atoms with Crippen LogP contribution in [0.4, 0.5) is 24.0 Å². The second kappa shape index (κ2) is 6.03. The molecule has 1 fully saturated rings. The summed E-state index contributed by atoms with van der Waals surface area (Å²) in [6.45, 7) is 0.940. The average Bonchev–Trinajstić information content (AvgIpc) is 2.92. The number of nitrogens with zero attached hydrogens (tertiary/aromatic N) is 2. The van der Waals surface area contributed by atoms with Crippen molar-refractivity contribution in [3.63, 3.8) is 0 Å². The molecule has 0 radical (unpaired) electrons. The molecule has 4 rings (SSSR count). The van der Waals surface area contributed by atoms with Crippen LogP contribution >= 0.6 is 11.3 Å². The van der Waals surface area contributed by atoms with Crippen LogP contribution in [0.5, 0.6) is 0 Å². The fourth-order valence-electron chi connectivity index (χ4n) is 2.64. The summed E-state index contributed by atoms with van der Waals surface area (Å²) in [5.41, 5.74) is 0.939. The number of carbonyl (C=O) groups excluding carboxylic acids is 1. The van der Waals surface area contributed by atoms with Crippen LogP contribution < -0.4 is 10.2 Å². The molecule has 2 heterocycles. The van der Waals surface area contributed by atoms with Crippen LogP contribution in [0.15, 0.2) is 36.4 Å². The number of anilines is 2. The van der Waals surface area contributed by atoms with Crippen molar-refractivity contribution < 1.29 is 18.0 Å². The molecule has 0 spiro atoms. The zero-order valence-corrected chi connectivity index (χ0v) is 13.6. The number of fused-ring (bicyclic) bond motifs is 1. The molecule has 0 bridgehead atoms. The summed E-state index contributed by atoms with van der Waals surface area (Å²) < 4.78 is 40.1. The van der Waals surface area contributed by atoms with E-state index in [9.17, 15) is 18.0 Å². The smallest absolute Gasteiger partial charge is 0.231 e. The van der Waals surface area contributed by atoms with E-state index in [2.05, 4.69) is 10.3 Å². The largest absolute Gasteiger partial charge is 0.346 e. The molecule has 0 saturated carbocycles. The van der Waals surface area contributed by atoms with Gasteiger partial charge in [0.2, 0.25) is 5.91 Å². The van der Waals surface area contributed by atoms with Crippen LogP contribution in [0.1, 0.15) is 0 Å². The summed E-state index contributed by atoms with van der Waals surface area (Å²) in [6, 6.07) is 7.65. The lowest BCUT2D eigenvalue weighted by Crippen LogP contribution is -2.52. The molecule has 25 heavy (non-hydrogen) atoms. The second-order valence-corrected chi connectivity index (χ2v) is 6.84. The summed E-state index contributed by atoms with van der Waals surface area (Å²) in [4.78, 5) is 18.5. The average molecular weight is 363 g/mol. The van der Waals surface area contributed by atoms with E-state index in [-0.39, 0.29) is 23.3 Å². The standard InChI is InChI=1S/C17H12F3N3OS/c18-10-1-4-14-15(5-10)25-17(22-14)23-7-9(8-23)16(24)21-11-2-3-12(19)13(20)6-11/h1-6,9H,7-8H2,(H,21,24).